The molecule has 1 amide bonds. The summed E-state index contributed by atoms with van der Waals surface area (Å²) in [5.74, 6) is -0.150. The van der Waals surface area contributed by atoms with Gasteiger partial charge in [-0.3, -0.25) is 4.79 Å². The lowest BCUT2D eigenvalue weighted by molar-refractivity contribution is 0.102. The largest absolute Gasteiger partial charge is 0.389 e. The maximum absolute atomic E-state index is 12.1. The molecule has 0 aliphatic carbocycles. The monoisotopic (exact) mass is 299 g/mol. The van der Waals surface area contributed by atoms with Crippen molar-refractivity contribution >= 4 is 34.5 Å². The van der Waals surface area contributed by atoms with Crippen molar-refractivity contribution in [1.82, 2.24) is 0 Å². The van der Waals surface area contributed by atoms with E-state index in [0.717, 1.165) is 11.3 Å². The van der Waals surface area contributed by atoms with Crippen LogP contribution >= 0.6 is 12.2 Å². The van der Waals surface area contributed by atoms with Crippen LogP contribution in [0.25, 0.3) is 0 Å². The molecular weight excluding hydrogens is 282 g/mol. The third kappa shape index (κ3) is 3.79. The fourth-order valence-corrected chi connectivity index (χ4v) is 1.97. The molecule has 0 aliphatic rings. The highest BCUT2D eigenvalue weighted by molar-refractivity contribution is 7.80. The Morgan fingerprint density at radius 3 is 2.00 bits per heavy atom. The fourth-order valence-electron chi connectivity index (χ4n) is 1.83. The van der Waals surface area contributed by atoms with Gasteiger partial charge in [0, 0.05) is 36.6 Å². The smallest absolute Gasteiger partial charge is 0.255 e. The number of nitrogens with one attached hydrogen (secondary N) is 1. The Morgan fingerprint density at radius 2 is 1.52 bits per heavy atom. The molecule has 0 heterocycles. The number of hydrogen-bond acceptors (Lipinski definition) is 3. The minimum Gasteiger partial charge on any atom is -0.389 e. The molecule has 108 valence electrons. The van der Waals surface area contributed by atoms with E-state index >= 15 is 0 Å². The standard InChI is InChI=1S/C16H17N3OS/c1-19(2)14-9-5-12(6-10-14)16(20)18-13-7-3-11(4-8-13)15(17)21/h3-10H,1-2H3,(H2,17,21)(H,18,20). The van der Waals surface area contributed by atoms with Crippen molar-refractivity contribution in [1.29, 1.82) is 0 Å². The van der Waals surface area contributed by atoms with Crippen LogP contribution in [0, 0.1) is 0 Å². The van der Waals surface area contributed by atoms with Crippen molar-refractivity contribution in [3.8, 4) is 0 Å². The van der Waals surface area contributed by atoms with E-state index in [4.69, 9.17) is 18.0 Å². The summed E-state index contributed by atoms with van der Waals surface area (Å²) in [7, 11) is 3.91. The van der Waals surface area contributed by atoms with Gasteiger partial charge in [0.15, 0.2) is 0 Å². The predicted octanol–water partition coefficient (Wildman–Crippen LogP) is 2.64. The Kier molecular flexibility index (Phi) is 4.55. The second-order valence-corrected chi connectivity index (χ2v) is 5.28. The van der Waals surface area contributed by atoms with Crippen LogP contribution in [-0.2, 0) is 0 Å². The van der Waals surface area contributed by atoms with Crippen molar-refractivity contribution in [2.45, 2.75) is 0 Å². The van der Waals surface area contributed by atoms with Crippen LogP contribution in [-0.4, -0.2) is 25.0 Å². The molecule has 2 aromatic carbocycles. The van der Waals surface area contributed by atoms with Gasteiger partial charge in [0.05, 0.1) is 0 Å². The highest BCUT2D eigenvalue weighted by atomic mass is 32.1. The average Bonchev–Trinajstić information content (AvgIpc) is 2.47. The quantitative estimate of drug-likeness (QED) is 0.852. The van der Waals surface area contributed by atoms with Gasteiger partial charge in [-0.25, -0.2) is 0 Å². The van der Waals surface area contributed by atoms with E-state index in [1.807, 2.05) is 31.1 Å². The molecule has 0 atom stereocenters. The molecule has 2 rings (SSSR count). The van der Waals surface area contributed by atoms with Crippen LogP contribution in [0.1, 0.15) is 15.9 Å². The normalized spacial score (nSPS) is 10.0. The van der Waals surface area contributed by atoms with Crippen molar-refractivity contribution in [3.05, 3.63) is 59.7 Å². The van der Waals surface area contributed by atoms with Gasteiger partial charge in [-0.15, -0.1) is 0 Å². The molecule has 2 aromatic rings. The number of carbonyl (C=O) groups excluding carboxylic acids is 1. The highest BCUT2D eigenvalue weighted by Crippen LogP contribution is 2.15. The van der Waals surface area contributed by atoms with E-state index in [2.05, 4.69) is 5.32 Å². The number of nitrogens with zero attached hydrogens (tertiary/aromatic N) is 1. The molecule has 3 N–H and O–H groups in total. The third-order valence-electron chi connectivity index (χ3n) is 3.07. The number of benzene rings is 2. The summed E-state index contributed by atoms with van der Waals surface area (Å²) >= 11 is 4.89. The second kappa shape index (κ2) is 6.37. The minimum atomic E-state index is -0.150. The van der Waals surface area contributed by atoms with E-state index in [1.165, 1.54) is 0 Å². The van der Waals surface area contributed by atoms with Gasteiger partial charge in [0.25, 0.3) is 5.91 Å². The summed E-state index contributed by atoms with van der Waals surface area (Å²) in [4.78, 5) is 14.5. The Bertz CT molecular complexity index is 648. The van der Waals surface area contributed by atoms with Crippen molar-refractivity contribution in [2.75, 3.05) is 24.3 Å². The van der Waals surface area contributed by atoms with E-state index < -0.39 is 0 Å². The van der Waals surface area contributed by atoms with Crippen LogP contribution in [0.5, 0.6) is 0 Å². The Labute approximate surface area is 129 Å². The molecule has 4 nitrogen and oxygen atoms in total. The average molecular weight is 299 g/mol. The first-order valence-electron chi connectivity index (χ1n) is 6.46. The van der Waals surface area contributed by atoms with E-state index in [-0.39, 0.29) is 5.91 Å². The van der Waals surface area contributed by atoms with Crippen molar-refractivity contribution in [3.63, 3.8) is 0 Å². The summed E-state index contributed by atoms with van der Waals surface area (Å²) in [5, 5.41) is 2.84. The van der Waals surface area contributed by atoms with Crippen molar-refractivity contribution < 1.29 is 4.79 Å². The zero-order valence-electron chi connectivity index (χ0n) is 12.0. The number of nitrogens with two attached hydrogens (primary N) is 1. The van der Waals surface area contributed by atoms with Crippen LogP contribution in [0.2, 0.25) is 0 Å². The summed E-state index contributed by atoms with van der Waals surface area (Å²) in [6, 6.07) is 14.5. The molecule has 0 saturated carbocycles. The molecule has 0 unspecified atom stereocenters. The summed E-state index contributed by atoms with van der Waals surface area (Å²) in [6.45, 7) is 0. The van der Waals surface area contributed by atoms with Crippen LogP contribution in [0.15, 0.2) is 48.5 Å². The van der Waals surface area contributed by atoms with Gasteiger partial charge in [-0.2, -0.15) is 0 Å². The first kappa shape index (κ1) is 15.0. The topological polar surface area (TPSA) is 58.4 Å². The fraction of sp³-hybridized carbons (Fsp3) is 0.125. The maximum atomic E-state index is 12.1. The van der Waals surface area contributed by atoms with Gasteiger partial charge >= 0.3 is 0 Å². The molecule has 0 bridgehead atoms. The van der Waals surface area contributed by atoms with E-state index in [0.29, 0.717) is 16.2 Å². The predicted molar refractivity (Wildman–Crippen MR) is 91.1 cm³/mol. The Morgan fingerprint density at radius 1 is 1.00 bits per heavy atom. The molecule has 0 radical (unpaired) electrons. The molecule has 0 aliphatic heterocycles. The number of anilines is 2. The lowest BCUT2D eigenvalue weighted by Crippen LogP contribution is -2.13. The Hall–Kier alpha value is -2.40. The number of carbonyl (C=O) groups is 1. The van der Waals surface area contributed by atoms with Crippen LogP contribution < -0.4 is 16.0 Å². The minimum absolute atomic E-state index is 0.150. The SMILES string of the molecule is CN(C)c1ccc(C(=O)Nc2ccc(C(N)=S)cc2)cc1. The summed E-state index contributed by atoms with van der Waals surface area (Å²) in [6.07, 6.45) is 0. The summed E-state index contributed by atoms with van der Waals surface area (Å²) < 4.78 is 0. The van der Waals surface area contributed by atoms with Gasteiger partial charge in [0.1, 0.15) is 4.99 Å². The zero-order valence-corrected chi connectivity index (χ0v) is 12.8. The molecule has 0 fully saturated rings. The molecule has 5 heteroatoms. The number of amides is 1. The van der Waals surface area contributed by atoms with Gasteiger partial charge in [-0.05, 0) is 48.5 Å². The highest BCUT2D eigenvalue weighted by Gasteiger charge is 2.06. The molecule has 0 spiro atoms. The number of thiocarbonyl (C=S) groups is 1. The maximum Gasteiger partial charge on any atom is 0.255 e. The van der Waals surface area contributed by atoms with Crippen molar-refractivity contribution in [2.24, 2.45) is 5.73 Å². The second-order valence-electron chi connectivity index (χ2n) is 4.84. The first-order chi connectivity index (χ1) is 9.97. The lowest BCUT2D eigenvalue weighted by atomic mass is 10.1. The van der Waals surface area contributed by atoms with Crippen LogP contribution in [0.3, 0.4) is 0 Å². The molecule has 0 saturated heterocycles. The lowest BCUT2D eigenvalue weighted by Gasteiger charge is -2.12. The third-order valence-corrected chi connectivity index (χ3v) is 3.31. The number of rotatable bonds is 4. The van der Waals surface area contributed by atoms with Gasteiger partial charge in [-0.1, -0.05) is 12.2 Å². The molecule has 21 heavy (non-hydrogen) atoms. The van der Waals surface area contributed by atoms with Gasteiger partial charge < -0.3 is 16.0 Å². The Balaban J connectivity index is 2.08. The molecular formula is C16H17N3OS. The van der Waals surface area contributed by atoms with E-state index in [9.17, 15) is 4.79 Å². The summed E-state index contributed by atoms with van der Waals surface area (Å²) in [5.41, 5.74) is 8.67. The first-order valence-corrected chi connectivity index (χ1v) is 6.87. The number of hydrogen-bond donors (Lipinski definition) is 2. The molecule has 0 aromatic heterocycles. The van der Waals surface area contributed by atoms with E-state index in [1.54, 1.807) is 36.4 Å². The van der Waals surface area contributed by atoms with Gasteiger partial charge in [0.2, 0.25) is 0 Å². The zero-order chi connectivity index (χ0) is 15.4. The van der Waals surface area contributed by atoms with Crippen LogP contribution in [0.4, 0.5) is 11.4 Å².